The van der Waals surface area contributed by atoms with Gasteiger partial charge in [-0.2, -0.15) is 0 Å². The molecular formula is C21H30O2. The van der Waals surface area contributed by atoms with Crippen molar-refractivity contribution < 1.29 is 9.84 Å². The molecule has 2 heteroatoms. The van der Waals surface area contributed by atoms with E-state index in [2.05, 4.69) is 45.0 Å². The van der Waals surface area contributed by atoms with Crippen molar-refractivity contribution in [1.82, 2.24) is 0 Å². The highest BCUT2D eigenvalue weighted by Crippen LogP contribution is 2.75. The molecule has 0 saturated heterocycles. The molecule has 0 radical (unpaired) electrons. The van der Waals surface area contributed by atoms with Gasteiger partial charge in [0.1, 0.15) is 0 Å². The molecule has 5 atom stereocenters. The zero-order valence-electron chi connectivity index (χ0n) is 14.7. The van der Waals surface area contributed by atoms with Gasteiger partial charge in [0.05, 0.1) is 18.3 Å². The lowest BCUT2D eigenvalue weighted by atomic mass is 9.51. The summed E-state index contributed by atoms with van der Waals surface area (Å²) in [6.45, 7) is 7.78. The Kier molecular flexibility index (Phi) is 3.45. The minimum atomic E-state index is -0.633. The van der Waals surface area contributed by atoms with Gasteiger partial charge in [0.2, 0.25) is 0 Å². The van der Waals surface area contributed by atoms with Crippen LogP contribution in [0.2, 0.25) is 0 Å². The van der Waals surface area contributed by atoms with Crippen LogP contribution in [0.25, 0.3) is 0 Å². The predicted molar refractivity (Wildman–Crippen MR) is 91.9 cm³/mol. The molecule has 4 rings (SSSR count). The second-order valence-electron chi connectivity index (χ2n) is 8.77. The average molecular weight is 314 g/mol. The quantitative estimate of drug-likeness (QED) is 0.886. The van der Waals surface area contributed by atoms with Crippen LogP contribution in [-0.4, -0.2) is 16.8 Å². The van der Waals surface area contributed by atoms with Crippen LogP contribution in [0.15, 0.2) is 30.3 Å². The number of ether oxygens (including phenoxy) is 1. The molecule has 2 nitrogen and oxygen atoms in total. The first-order valence-electron chi connectivity index (χ1n) is 9.31. The molecule has 126 valence electrons. The smallest absolute Gasteiger partial charge is 0.0974 e. The summed E-state index contributed by atoms with van der Waals surface area (Å²) in [5.41, 5.74) is 0.781. The van der Waals surface area contributed by atoms with Crippen molar-refractivity contribution in [3.8, 4) is 0 Å². The molecule has 1 N–H and O–H groups in total. The van der Waals surface area contributed by atoms with Gasteiger partial charge in [0, 0.05) is 5.41 Å². The molecule has 3 fully saturated rings. The highest BCUT2D eigenvalue weighted by atomic mass is 16.5. The molecule has 0 amide bonds. The molecule has 3 saturated carbocycles. The summed E-state index contributed by atoms with van der Waals surface area (Å²) >= 11 is 0. The van der Waals surface area contributed by atoms with Gasteiger partial charge in [-0.3, -0.25) is 0 Å². The largest absolute Gasteiger partial charge is 0.387 e. The van der Waals surface area contributed by atoms with Crippen molar-refractivity contribution in [2.75, 3.05) is 0 Å². The van der Waals surface area contributed by atoms with E-state index in [1.165, 1.54) is 24.8 Å². The van der Waals surface area contributed by atoms with Crippen LogP contribution in [-0.2, 0) is 11.3 Å². The number of rotatable bonds is 3. The Bertz CT molecular complexity index is 581. The summed E-state index contributed by atoms with van der Waals surface area (Å²) in [4.78, 5) is 0. The molecule has 1 aromatic carbocycles. The van der Waals surface area contributed by atoms with Crippen LogP contribution in [0.3, 0.4) is 0 Å². The third kappa shape index (κ3) is 1.83. The first-order chi connectivity index (χ1) is 10.9. The highest BCUT2D eigenvalue weighted by Gasteiger charge is 2.76. The van der Waals surface area contributed by atoms with Crippen LogP contribution in [0.5, 0.6) is 0 Å². The van der Waals surface area contributed by atoms with Gasteiger partial charge in [-0.1, -0.05) is 51.1 Å². The Labute approximate surface area is 140 Å². The maximum atomic E-state index is 11.8. The molecule has 0 aromatic heterocycles. The van der Waals surface area contributed by atoms with Crippen LogP contribution in [0.4, 0.5) is 0 Å². The predicted octanol–water partition coefficient (Wildman–Crippen LogP) is 4.56. The van der Waals surface area contributed by atoms with Gasteiger partial charge in [-0.25, -0.2) is 0 Å². The van der Waals surface area contributed by atoms with E-state index in [4.69, 9.17) is 4.74 Å². The number of aliphatic hydroxyl groups is 1. The normalized spacial score (nSPS) is 44.3. The van der Waals surface area contributed by atoms with E-state index in [1.807, 2.05) is 6.07 Å². The Morgan fingerprint density at radius 3 is 2.61 bits per heavy atom. The molecular weight excluding hydrogens is 284 g/mol. The van der Waals surface area contributed by atoms with Crippen molar-refractivity contribution in [3.63, 3.8) is 0 Å². The fourth-order valence-corrected chi connectivity index (χ4v) is 6.91. The minimum Gasteiger partial charge on any atom is -0.387 e. The maximum absolute atomic E-state index is 11.8. The summed E-state index contributed by atoms with van der Waals surface area (Å²) < 4.78 is 6.45. The van der Waals surface area contributed by atoms with E-state index < -0.39 is 5.60 Å². The highest BCUT2D eigenvalue weighted by molar-refractivity contribution is 5.26. The summed E-state index contributed by atoms with van der Waals surface area (Å²) in [7, 11) is 0. The SMILES string of the molecule is C[C@@H]1CC[C@@H]2[C@H](OCc3ccccc3)[C@@]3(O)CCC[C@]13C2(C)C. The van der Waals surface area contributed by atoms with Crippen molar-refractivity contribution >= 4 is 0 Å². The summed E-state index contributed by atoms with van der Waals surface area (Å²) in [5.74, 6) is 1.07. The molecule has 1 spiro atoms. The van der Waals surface area contributed by atoms with E-state index in [-0.39, 0.29) is 16.9 Å². The number of fused-ring (bicyclic) bond motifs is 1. The Hall–Kier alpha value is -0.860. The van der Waals surface area contributed by atoms with Gasteiger partial charge >= 0.3 is 0 Å². The fourth-order valence-electron chi connectivity index (χ4n) is 6.91. The van der Waals surface area contributed by atoms with Crippen LogP contribution >= 0.6 is 0 Å². The third-order valence-electron chi connectivity index (χ3n) is 7.84. The third-order valence-corrected chi connectivity index (χ3v) is 7.84. The summed E-state index contributed by atoms with van der Waals surface area (Å²) in [6, 6.07) is 10.4. The molecule has 0 unspecified atom stereocenters. The molecule has 23 heavy (non-hydrogen) atoms. The second kappa shape index (κ2) is 5.07. The van der Waals surface area contributed by atoms with Gasteiger partial charge in [0.15, 0.2) is 0 Å². The molecule has 3 aliphatic carbocycles. The number of hydrogen-bond donors (Lipinski definition) is 1. The standard InChI is InChI=1S/C21H30O2/c1-15-10-11-17-18(23-14-16-8-5-4-6-9-16)21(22)13-7-12-20(15,21)19(17,2)3/h4-6,8-9,15,17-18,22H,7,10-14H2,1-3H3/t15-,17-,18+,20-,21+/m1/s1. The fraction of sp³-hybridized carbons (Fsp3) is 0.714. The van der Waals surface area contributed by atoms with Gasteiger partial charge in [-0.15, -0.1) is 0 Å². The molecule has 1 aromatic rings. The van der Waals surface area contributed by atoms with Gasteiger partial charge < -0.3 is 9.84 Å². The van der Waals surface area contributed by atoms with Crippen LogP contribution < -0.4 is 0 Å². The maximum Gasteiger partial charge on any atom is 0.0974 e. The monoisotopic (exact) mass is 314 g/mol. The number of benzene rings is 1. The summed E-state index contributed by atoms with van der Waals surface area (Å²) in [5, 5.41) is 11.8. The topological polar surface area (TPSA) is 29.5 Å². The Balaban J connectivity index is 1.68. The first-order valence-corrected chi connectivity index (χ1v) is 9.31. The van der Waals surface area contributed by atoms with E-state index >= 15 is 0 Å². The average Bonchev–Trinajstić information content (AvgIpc) is 2.91. The van der Waals surface area contributed by atoms with Gasteiger partial charge in [0.25, 0.3) is 0 Å². The lowest BCUT2D eigenvalue weighted by Gasteiger charge is -2.53. The Morgan fingerprint density at radius 1 is 1.13 bits per heavy atom. The molecule has 3 aliphatic rings. The van der Waals surface area contributed by atoms with Crippen molar-refractivity contribution in [1.29, 1.82) is 0 Å². The molecule has 2 bridgehead atoms. The van der Waals surface area contributed by atoms with Gasteiger partial charge in [-0.05, 0) is 54.9 Å². The summed E-state index contributed by atoms with van der Waals surface area (Å²) in [6.07, 6.45) is 5.64. The van der Waals surface area contributed by atoms with Crippen molar-refractivity contribution in [3.05, 3.63) is 35.9 Å². The van der Waals surface area contributed by atoms with E-state index in [9.17, 15) is 5.11 Å². The van der Waals surface area contributed by atoms with Crippen LogP contribution in [0.1, 0.15) is 58.4 Å². The van der Waals surface area contributed by atoms with E-state index in [0.717, 1.165) is 12.8 Å². The number of hydrogen-bond acceptors (Lipinski definition) is 2. The zero-order valence-corrected chi connectivity index (χ0v) is 14.7. The first kappa shape index (κ1) is 15.7. The van der Waals surface area contributed by atoms with Crippen LogP contribution in [0, 0.1) is 22.7 Å². The zero-order chi connectivity index (χ0) is 16.3. The van der Waals surface area contributed by atoms with E-state index in [1.54, 1.807) is 0 Å². The molecule has 0 aliphatic heterocycles. The van der Waals surface area contributed by atoms with Crippen molar-refractivity contribution in [2.45, 2.75) is 71.2 Å². The lowest BCUT2D eigenvalue weighted by molar-refractivity contribution is -0.159. The molecule has 0 heterocycles. The lowest BCUT2D eigenvalue weighted by Crippen LogP contribution is -2.54. The Morgan fingerprint density at radius 2 is 1.87 bits per heavy atom. The minimum absolute atomic E-state index is 0.00911. The van der Waals surface area contributed by atoms with E-state index in [0.29, 0.717) is 18.4 Å². The van der Waals surface area contributed by atoms with Crippen molar-refractivity contribution in [2.24, 2.45) is 22.7 Å². The second-order valence-corrected chi connectivity index (χ2v) is 8.77.